The Morgan fingerprint density at radius 2 is 2.22 bits per heavy atom. The van der Waals surface area contributed by atoms with Gasteiger partial charge in [-0.1, -0.05) is 5.16 Å². The molecule has 3 aromatic rings. The van der Waals surface area contributed by atoms with E-state index in [0.29, 0.717) is 23.8 Å². The van der Waals surface area contributed by atoms with Gasteiger partial charge in [0, 0.05) is 39.7 Å². The molecule has 1 amide bonds. The number of hydrogen-bond donors (Lipinski definition) is 1. The second-order valence-electron chi connectivity index (χ2n) is 6.95. The van der Waals surface area contributed by atoms with Crippen LogP contribution in [0.4, 0.5) is 5.95 Å². The van der Waals surface area contributed by atoms with Crippen LogP contribution in [-0.2, 0) is 13.6 Å². The number of benzene rings is 1. The lowest BCUT2D eigenvalue weighted by atomic mass is 10.1. The van der Waals surface area contributed by atoms with E-state index < -0.39 is 0 Å². The van der Waals surface area contributed by atoms with Crippen molar-refractivity contribution in [2.24, 2.45) is 7.05 Å². The van der Waals surface area contributed by atoms with Crippen LogP contribution >= 0.6 is 0 Å². The smallest absolute Gasteiger partial charge is 0.254 e. The zero-order chi connectivity index (χ0) is 19.1. The molecule has 0 bridgehead atoms. The number of nitrogens with zero attached hydrogens (tertiary/aromatic N) is 6. The highest BCUT2D eigenvalue weighted by Gasteiger charge is 2.25. The molecular weight excluding hydrogens is 348 g/mol. The largest absolute Gasteiger partial charge is 0.391 e. The van der Waals surface area contributed by atoms with Gasteiger partial charge < -0.3 is 24.0 Å². The molecule has 1 N–H and O–H groups in total. The number of hydrogen-bond acceptors (Lipinski definition) is 7. The lowest BCUT2D eigenvalue weighted by molar-refractivity contribution is 0.0780. The molecule has 0 unspecified atom stereocenters. The standard InChI is InChI=1S/C18H22N6O3/c1-11-19-16(21-27-11)10-22(2)17(26)12-4-5-15-14(8-12)20-18(23(15)3)24-7-6-13(25)9-24/h4-5,8,13,25H,6-7,9-10H2,1-3H3/t13-/m0/s1. The number of carbonyl (C=O) groups excluding carboxylic acids is 1. The lowest BCUT2D eigenvalue weighted by Crippen LogP contribution is -2.26. The minimum absolute atomic E-state index is 0.136. The second-order valence-corrected chi connectivity index (χ2v) is 6.95. The maximum absolute atomic E-state index is 12.8. The number of β-amino-alcohol motifs (C(OH)–C–C–N with tert-alkyl or cyclic N) is 1. The van der Waals surface area contributed by atoms with Gasteiger partial charge >= 0.3 is 0 Å². The molecule has 1 aliphatic rings. The Bertz CT molecular complexity index is 994. The summed E-state index contributed by atoms with van der Waals surface area (Å²) in [5.74, 6) is 1.61. The summed E-state index contributed by atoms with van der Waals surface area (Å²) in [6.07, 6.45) is 0.428. The van der Waals surface area contributed by atoms with Crippen LogP contribution in [0.15, 0.2) is 22.7 Å². The Labute approximate surface area is 156 Å². The number of amides is 1. The number of rotatable bonds is 4. The van der Waals surface area contributed by atoms with Crippen molar-refractivity contribution in [1.82, 2.24) is 24.6 Å². The van der Waals surface area contributed by atoms with E-state index in [0.717, 1.165) is 29.9 Å². The maximum Gasteiger partial charge on any atom is 0.254 e. The van der Waals surface area contributed by atoms with Crippen LogP contribution in [-0.4, -0.2) is 61.8 Å². The number of carbonyl (C=O) groups is 1. The van der Waals surface area contributed by atoms with E-state index in [2.05, 4.69) is 20.0 Å². The first-order valence-electron chi connectivity index (χ1n) is 8.86. The van der Waals surface area contributed by atoms with Crippen molar-refractivity contribution in [2.75, 3.05) is 25.0 Å². The summed E-state index contributed by atoms with van der Waals surface area (Å²) >= 11 is 0. The Kier molecular flexibility index (Phi) is 4.31. The molecule has 4 rings (SSSR count). The van der Waals surface area contributed by atoms with Crippen molar-refractivity contribution in [3.63, 3.8) is 0 Å². The molecule has 0 aliphatic carbocycles. The topological polar surface area (TPSA) is 101 Å². The van der Waals surface area contributed by atoms with Gasteiger partial charge in [0.25, 0.3) is 5.91 Å². The lowest BCUT2D eigenvalue weighted by Gasteiger charge is -2.16. The van der Waals surface area contributed by atoms with Gasteiger partial charge in [0.15, 0.2) is 5.82 Å². The molecule has 1 aromatic carbocycles. The highest BCUT2D eigenvalue weighted by molar-refractivity contribution is 5.97. The average molecular weight is 370 g/mol. The van der Waals surface area contributed by atoms with Gasteiger partial charge in [-0.2, -0.15) is 4.98 Å². The Morgan fingerprint density at radius 1 is 1.41 bits per heavy atom. The minimum atomic E-state index is -0.315. The van der Waals surface area contributed by atoms with E-state index >= 15 is 0 Å². The molecule has 9 nitrogen and oxygen atoms in total. The molecule has 1 saturated heterocycles. The van der Waals surface area contributed by atoms with Gasteiger partial charge in [0.2, 0.25) is 11.8 Å². The Balaban J connectivity index is 1.58. The van der Waals surface area contributed by atoms with Crippen molar-refractivity contribution >= 4 is 22.9 Å². The van der Waals surface area contributed by atoms with Crippen LogP contribution in [0.5, 0.6) is 0 Å². The number of aliphatic hydroxyl groups is 1. The van der Waals surface area contributed by atoms with E-state index in [4.69, 9.17) is 4.52 Å². The summed E-state index contributed by atoms with van der Waals surface area (Å²) in [5.41, 5.74) is 2.25. The molecular formula is C18H22N6O3. The fraction of sp³-hybridized carbons (Fsp3) is 0.444. The van der Waals surface area contributed by atoms with Crippen molar-refractivity contribution in [3.8, 4) is 0 Å². The highest BCUT2D eigenvalue weighted by atomic mass is 16.5. The fourth-order valence-corrected chi connectivity index (χ4v) is 3.44. The molecule has 27 heavy (non-hydrogen) atoms. The van der Waals surface area contributed by atoms with Crippen LogP contribution in [0.1, 0.15) is 28.5 Å². The summed E-state index contributed by atoms with van der Waals surface area (Å²) < 4.78 is 6.94. The third-order valence-electron chi connectivity index (χ3n) is 4.85. The van der Waals surface area contributed by atoms with Gasteiger partial charge in [0.1, 0.15) is 0 Å². The van der Waals surface area contributed by atoms with E-state index in [-0.39, 0.29) is 18.6 Å². The Morgan fingerprint density at radius 3 is 2.89 bits per heavy atom. The number of fused-ring (bicyclic) bond motifs is 1. The zero-order valence-electron chi connectivity index (χ0n) is 15.6. The van der Waals surface area contributed by atoms with Crippen LogP contribution < -0.4 is 4.90 Å². The third kappa shape index (κ3) is 3.25. The predicted molar refractivity (Wildman–Crippen MR) is 98.4 cm³/mol. The molecule has 9 heteroatoms. The van der Waals surface area contributed by atoms with E-state index in [9.17, 15) is 9.90 Å². The minimum Gasteiger partial charge on any atom is -0.391 e. The molecule has 0 radical (unpaired) electrons. The predicted octanol–water partition coefficient (Wildman–Crippen LogP) is 1.11. The van der Waals surface area contributed by atoms with Crippen molar-refractivity contribution < 1.29 is 14.4 Å². The molecule has 3 heterocycles. The van der Waals surface area contributed by atoms with Crippen LogP contribution in [0.25, 0.3) is 11.0 Å². The molecule has 2 aromatic heterocycles. The summed E-state index contributed by atoms with van der Waals surface area (Å²) in [4.78, 5) is 25.2. The maximum atomic E-state index is 12.8. The van der Waals surface area contributed by atoms with Crippen LogP contribution in [0, 0.1) is 6.92 Å². The quantitative estimate of drug-likeness (QED) is 0.734. The summed E-state index contributed by atoms with van der Waals surface area (Å²) in [6, 6.07) is 5.50. The van der Waals surface area contributed by atoms with Gasteiger partial charge in [-0.25, -0.2) is 4.98 Å². The molecule has 142 valence electrons. The van der Waals surface area contributed by atoms with Gasteiger partial charge in [-0.15, -0.1) is 0 Å². The first-order chi connectivity index (χ1) is 12.9. The number of aryl methyl sites for hydroxylation is 2. The molecule has 0 spiro atoms. The van der Waals surface area contributed by atoms with Gasteiger partial charge in [0.05, 0.1) is 23.7 Å². The molecule has 1 atom stereocenters. The first-order valence-corrected chi connectivity index (χ1v) is 8.86. The van der Waals surface area contributed by atoms with Crippen molar-refractivity contribution in [3.05, 3.63) is 35.5 Å². The summed E-state index contributed by atoms with van der Waals surface area (Å²) in [5, 5.41) is 13.6. The zero-order valence-corrected chi connectivity index (χ0v) is 15.6. The van der Waals surface area contributed by atoms with Gasteiger partial charge in [-0.05, 0) is 24.6 Å². The van der Waals surface area contributed by atoms with Gasteiger partial charge in [-0.3, -0.25) is 4.79 Å². The van der Waals surface area contributed by atoms with Crippen LogP contribution in [0.2, 0.25) is 0 Å². The van der Waals surface area contributed by atoms with Crippen molar-refractivity contribution in [2.45, 2.75) is 26.0 Å². The van der Waals surface area contributed by atoms with E-state index in [1.807, 2.05) is 17.7 Å². The van der Waals surface area contributed by atoms with E-state index in [1.165, 1.54) is 0 Å². The summed E-state index contributed by atoms with van der Waals surface area (Å²) in [7, 11) is 3.65. The first kappa shape index (κ1) is 17.5. The molecule has 0 saturated carbocycles. The average Bonchev–Trinajstić information content (AvgIpc) is 3.33. The third-order valence-corrected chi connectivity index (χ3v) is 4.85. The SMILES string of the molecule is Cc1nc(CN(C)C(=O)c2ccc3c(c2)nc(N2CC[C@H](O)C2)n3C)no1. The molecule has 1 aliphatic heterocycles. The monoisotopic (exact) mass is 370 g/mol. The normalized spacial score (nSPS) is 17.0. The van der Waals surface area contributed by atoms with Crippen molar-refractivity contribution in [1.29, 1.82) is 0 Å². The number of anilines is 1. The fourth-order valence-electron chi connectivity index (χ4n) is 3.44. The highest BCUT2D eigenvalue weighted by Crippen LogP contribution is 2.25. The second kappa shape index (κ2) is 6.66. The number of imidazole rings is 1. The number of aromatic nitrogens is 4. The van der Waals surface area contributed by atoms with Crippen LogP contribution in [0.3, 0.4) is 0 Å². The van der Waals surface area contributed by atoms with E-state index in [1.54, 1.807) is 31.0 Å². The molecule has 1 fully saturated rings. The Hall–Kier alpha value is -2.94. The number of aliphatic hydroxyl groups excluding tert-OH is 1. The summed E-state index contributed by atoms with van der Waals surface area (Å²) in [6.45, 7) is 3.34.